The summed E-state index contributed by atoms with van der Waals surface area (Å²) in [5.41, 5.74) is 6.31. The van der Waals surface area contributed by atoms with Crippen LogP contribution in [0.2, 0.25) is 0 Å². The third-order valence-electron chi connectivity index (χ3n) is 4.75. The number of rotatable bonds is 4. The highest BCUT2D eigenvalue weighted by Crippen LogP contribution is 2.34. The van der Waals surface area contributed by atoms with Crippen LogP contribution in [0.3, 0.4) is 0 Å². The fourth-order valence-corrected chi connectivity index (χ4v) is 4.20. The molecule has 1 unspecified atom stereocenters. The van der Waals surface area contributed by atoms with Crippen LogP contribution in [0.15, 0.2) is 36.2 Å². The lowest BCUT2D eigenvalue weighted by molar-refractivity contribution is 0.246. The van der Waals surface area contributed by atoms with E-state index in [-0.39, 0.29) is 0 Å². The van der Waals surface area contributed by atoms with Crippen molar-refractivity contribution in [1.29, 1.82) is 0 Å². The van der Waals surface area contributed by atoms with Gasteiger partial charge in [0.25, 0.3) is 0 Å². The quantitative estimate of drug-likeness (QED) is 0.729. The highest BCUT2D eigenvalue weighted by Gasteiger charge is 2.28. The number of thiazole rings is 1. The molecular formula is C18H21N5S. The van der Waals surface area contributed by atoms with Crippen LogP contribution in [0.5, 0.6) is 0 Å². The van der Waals surface area contributed by atoms with Crippen molar-refractivity contribution in [3.8, 4) is 11.4 Å². The van der Waals surface area contributed by atoms with E-state index in [9.17, 15) is 0 Å². The maximum atomic E-state index is 4.95. The second kappa shape index (κ2) is 6.45. The lowest BCUT2D eigenvalue weighted by atomic mass is 10.1. The van der Waals surface area contributed by atoms with Gasteiger partial charge in [-0.25, -0.2) is 15.0 Å². The van der Waals surface area contributed by atoms with Gasteiger partial charge in [0.15, 0.2) is 0 Å². The summed E-state index contributed by atoms with van der Waals surface area (Å²) in [5, 5.41) is 0. The molecule has 0 bridgehead atoms. The molecule has 24 heavy (non-hydrogen) atoms. The predicted molar refractivity (Wildman–Crippen MR) is 95.7 cm³/mol. The number of hydrogen-bond donors (Lipinski definition) is 0. The Kier molecular flexibility index (Phi) is 4.16. The summed E-state index contributed by atoms with van der Waals surface area (Å²) in [6, 6.07) is 6.72. The number of likely N-dealkylation sites (tertiary alicyclic amines) is 1. The third-order valence-corrected chi connectivity index (χ3v) is 5.67. The molecular weight excluding hydrogens is 318 g/mol. The van der Waals surface area contributed by atoms with Crippen molar-refractivity contribution < 1.29 is 0 Å². The van der Waals surface area contributed by atoms with Gasteiger partial charge in [-0.2, -0.15) is 0 Å². The molecule has 1 aliphatic heterocycles. The van der Waals surface area contributed by atoms with Crippen molar-refractivity contribution in [3.63, 3.8) is 0 Å². The van der Waals surface area contributed by atoms with E-state index in [0.717, 1.165) is 35.9 Å². The number of imidazole rings is 1. The van der Waals surface area contributed by atoms with E-state index in [4.69, 9.17) is 4.98 Å². The van der Waals surface area contributed by atoms with E-state index in [1.54, 1.807) is 11.3 Å². The molecule has 6 heteroatoms. The molecule has 1 fully saturated rings. The molecule has 3 aromatic rings. The summed E-state index contributed by atoms with van der Waals surface area (Å²) in [6.07, 6.45) is 6.08. The maximum Gasteiger partial charge on any atom is 0.0948 e. The highest BCUT2D eigenvalue weighted by molar-refractivity contribution is 7.09. The van der Waals surface area contributed by atoms with Gasteiger partial charge in [0.1, 0.15) is 0 Å². The van der Waals surface area contributed by atoms with Crippen LogP contribution in [0.4, 0.5) is 0 Å². The molecule has 0 aromatic carbocycles. The van der Waals surface area contributed by atoms with Crippen LogP contribution in [-0.2, 0) is 13.6 Å². The molecule has 1 atom stereocenters. The van der Waals surface area contributed by atoms with E-state index in [0.29, 0.717) is 6.04 Å². The first-order valence-electron chi connectivity index (χ1n) is 8.29. The van der Waals surface area contributed by atoms with Gasteiger partial charge < -0.3 is 4.57 Å². The van der Waals surface area contributed by atoms with Crippen LogP contribution >= 0.6 is 11.3 Å². The summed E-state index contributed by atoms with van der Waals surface area (Å²) in [5.74, 6) is 0. The second-order valence-electron chi connectivity index (χ2n) is 6.33. The first kappa shape index (κ1) is 15.5. The number of hydrogen-bond acceptors (Lipinski definition) is 5. The summed E-state index contributed by atoms with van der Waals surface area (Å²) < 4.78 is 2.01. The monoisotopic (exact) mass is 339 g/mol. The van der Waals surface area contributed by atoms with Crippen molar-refractivity contribution >= 4 is 11.3 Å². The normalized spacial score (nSPS) is 18.3. The standard InChI is InChI=1S/C18H21N5S/c1-13-18(24-12-20-13)10-23-8-4-7-16(23)14-5-3-6-15(21-14)17-9-19-11-22(17)2/h3,5-6,9,11-12,16H,4,7-8,10H2,1-2H3. The minimum atomic E-state index is 0.389. The van der Waals surface area contributed by atoms with Crippen molar-refractivity contribution in [2.45, 2.75) is 32.4 Å². The summed E-state index contributed by atoms with van der Waals surface area (Å²) >= 11 is 1.75. The minimum Gasteiger partial charge on any atom is -0.332 e. The van der Waals surface area contributed by atoms with E-state index in [1.807, 2.05) is 29.6 Å². The van der Waals surface area contributed by atoms with E-state index in [1.165, 1.54) is 17.7 Å². The van der Waals surface area contributed by atoms with Crippen LogP contribution in [0.25, 0.3) is 11.4 Å². The van der Waals surface area contributed by atoms with Gasteiger partial charge in [0.2, 0.25) is 0 Å². The number of pyridine rings is 1. The fraction of sp³-hybridized carbons (Fsp3) is 0.389. The molecule has 0 amide bonds. The predicted octanol–water partition coefficient (Wildman–Crippen LogP) is 3.58. The Morgan fingerprint density at radius 2 is 2.25 bits per heavy atom. The molecule has 1 aliphatic rings. The van der Waals surface area contributed by atoms with Crippen LogP contribution in [0.1, 0.15) is 35.1 Å². The lowest BCUT2D eigenvalue weighted by Gasteiger charge is -2.24. The van der Waals surface area contributed by atoms with Gasteiger partial charge in [0, 0.05) is 18.5 Å². The van der Waals surface area contributed by atoms with Gasteiger partial charge in [-0.1, -0.05) is 6.07 Å². The SMILES string of the molecule is Cc1ncsc1CN1CCCC1c1cccc(-c2cncn2C)n1. The second-order valence-corrected chi connectivity index (χ2v) is 7.27. The first-order chi connectivity index (χ1) is 11.7. The topological polar surface area (TPSA) is 46.8 Å². The zero-order valence-corrected chi connectivity index (χ0v) is 14.8. The number of aromatic nitrogens is 4. The summed E-state index contributed by atoms with van der Waals surface area (Å²) in [7, 11) is 2.01. The van der Waals surface area contributed by atoms with Gasteiger partial charge in [-0.3, -0.25) is 4.90 Å². The summed E-state index contributed by atoms with van der Waals surface area (Å²) in [4.78, 5) is 17.4. The number of aryl methyl sites for hydroxylation is 2. The molecule has 0 aliphatic carbocycles. The largest absolute Gasteiger partial charge is 0.332 e. The smallest absolute Gasteiger partial charge is 0.0948 e. The molecule has 1 saturated heterocycles. The molecule has 0 spiro atoms. The molecule has 4 rings (SSSR count). The molecule has 4 heterocycles. The Morgan fingerprint density at radius 3 is 3.00 bits per heavy atom. The molecule has 0 N–H and O–H groups in total. The van der Waals surface area contributed by atoms with Crippen LogP contribution < -0.4 is 0 Å². The third kappa shape index (κ3) is 2.87. The fourth-order valence-electron chi connectivity index (χ4n) is 3.40. The molecule has 5 nitrogen and oxygen atoms in total. The van der Waals surface area contributed by atoms with Gasteiger partial charge in [0.05, 0.1) is 46.9 Å². The van der Waals surface area contributed by atoms with E-state index < -0.39 is 0 Å². The molecule has 0 saturated carbocycles. The number of nitrogens with zero attached hydrogens (tertiary/aromatic N) is 5. The lowest BCUT2D eigenvalue weighted by Crippen LogP contribution is -2.23. The average Bonchev–Trinajstić information content (AvgIpc) is 3.31. The zero-order valence-electron chi connectivity index (χ0n) is 14.0. The van der Waals surface area contributed by atoms with Crippen LogP contribution in [-0.4, -0.2) is 31.0 Å². The Hall–Kier alpha value is -2.05. The van der Waals surface area contributed by atoms with Gasteiger partial charge in [-0.05, 0) is 38.4 Å². The summed E-state index contributed by atoms with van der Waals surface area (Å²) in [6.45, 7) is 4.19. The van der Waals surface area contributed by atoms with Gasteiger partial charge >= 0.3 is 0 Å². The van der Waals surface area contributed by atoms with Gasteiger partial charge in [-0.15, -0.1) is 11.3 Å². The Morgan fingerprint density at radius 1 is 1.33 bits per heavy atom. The Balaban J connectivity index is 1.61. The highest BCUT2D eigenvalue weighted by atomic mass is 32.1. The minimum absolute atomic E-state index is 0.389. The zero-order chi connectivity index (χ0) is 16.5. The van der Waals surface area contributed by atoms with Crippen molar-refractivity contribution in [2.24, 2.45) is 7.05 Å². The van der Waals surface area contributed by atoms with E-state index >= 15 is 0 Å². The maximum absolute atomic E-state index is 4.95. The molecule has 0 radical (unpaired) electrons. The molecule has 3 aromatic heterocycles. The Labute approximate surface area is 146 Å². The van der Waals surface area contributed by atoms with Crippen molar-refractivity contribution in [3.05, 3.63) is 52.5 Å². The van der Waals surface area contributed by atoms with Crippen LogP contribution in [0, 0.1) is 6.92 Å². The Bertz CT molecular complexity index is 837. The van der Waals surface area contributed by atoms with Crippen molar-refractivity contribution in [2.75, 3.05) is 6.54 Å². The first-order valence-corrected chi connectivity index (χ1v) is 9.17. The molecule has 124 valence electrons. The van der Waals surface area contributed by atoms with E-state index in [2.05, 4.69) is 40.0 Å². The van der Waals surface area contributed by atoms with Crippen molar-refractivity contribution in [1.82, 2.24) is 24.4 Å². The average molecular weight is 339 g/mol.